The lowest BCUT2D eigenvalue weighted by Crippen LogP contribution is -2.36. The fourth-order valence-electron chi connectivity index (χ4n) is 3.38. The Kier molecular flexibility index (Phi) is 5.08. The van der Waals surface area contributed by atoms with Gasteiger partial charge in [-0.25, -0.2) is 14.8 Å². The molecule has 1 atom stereocenters. The van der Waals surface area contributed by atoms with Gasteiger partial charge in [-0.2, -0.15) is 0 Å². The highest BCUT2D eigenvalue weighted by Crippen LogP contribution is 2.23. The number of likely N-dealkylation sites (tertiary alicyclic amines) is 1. The molecule has 0 radical (unpaired) electrons. The minimum Gasteiger partial charge on any atom is -0.444 e. The predicted octanol–water partition coefficient (Wildman–Crippen LogP) is 4.47. The van der Waals surface area contributed by atoms with Crippen molar-refractivity contribution >= 4 is 29.2 Å². The number of nitrogens with zero attached hydrogens (tertiary/aromatic N) is 4. The Bertz CT molecular complexity index is 1040. The average molecular weight is 414 g/mol. The number of pyridine rings is 2. The first kappa shape index (κ1) is 19.5. The maximum absolute atomic E-state index is 12.3. The van der Waals surface area contributed by atoms with Gasteiger partial charge in [-0.3, -0.25) is 4.40 Å². The predicted molar refractivity (Wildman–Crippen MR) is 113 cm³/mol. The molecule has 1 fully saturated rings. The fourth-order valence-corrected chi connectivity index (χ4v) is 3.54. The first-order valence-corrected chi connectivity index (χ1v) is 10.0. The summed E-state index contributed by atoms with van der Waals surface area (Å²) < 4.78 is 7.42. The van der Waals surface area contributed by atoms with Crippen molar-refractivity contribution in [1.82, 2.24) is 19.3 Å². The molecule has 1 amide bonds. The van der Waals surface area contributed by atoms with Gasteiger partial charge in [0.1, 0.15) is 17.1 Å². The number of aromatic nitrogens is 3. The number of ether oxygens (including phenoxy) is 1. The smallest absolute Gasteiger partial charge is 0.410 e. The molecular formula is C21H24ClN5O2. The molecule has 4 heterocycles. The molecule has 29 heavy (non-hydrogen) atoms. The quantitative estimate of drug-likeness (QED) is 0.685. The van der Waals surface area contributed by atoms with Gasteiger partial charge in [0, 0.05) is 36.4 Å². The van der Waals surface area contributed by atoms with Crippen molar-refractivity contribution in [1.29, 1.82) is 0 Å². The molecule has 1 aliphatic rings. The van der Waals surface area contributed by atoms with E-state index in [1.54, 1.807) is 11.1 Å². The lowest BCUT2D eigenvalue weighted by Gasteiger charge is -2.24. The van der Waals surface area contributed by atoms with E-state index in [4.69, 9.17) is 21.3 Å². The summed E-state index contributed by atoms with van der Waals surface area (Å²) in [5.41, 5.74) is 1.99. The molecule has 3 aromatic rings. The second-order valence-corrected chi connectivity index (χ2v) is 8.62. The van der Waals surface area contributed by atoms with Gasteiger partial charge in [0.05, 0.1) is 17.6 Å². The molecule has 0 aliphatic carbocycles. The van der Waals surface area contributed by atoms with E-state index in [9.17, 15) is 4.79 Å². The third-order valence-corrected chi connectivity index (χ3v) is 4.91. The Morgan fingerprint density at radius 2 is 2.14 bits per heavy atom. The summed E-state index contributed by atoms with van der Waals surface area (Å²) in [4.78, 5) is 23.1. The Balaban J connectivity index is 1.46. The van der Waals surface area contributed by atoms with Crippen molar-refractivity contribution in [2.45, 2.75) is 38.8 Å². The number of rotatable bonds is 3. The van der Waals surface area contributed by atoms with Crippen LogP contribution in [-0.2, 0) is 4.74 Å². The molecule has 1 N–H and O–H groups in total. The monoisotopic (exact) mass is 413 g/mol. The van der Waals surface area contributed by atoms with E-state index in [0.717, 1.165) is 29.3 Å². The normalized spacial score (nSPS) is 17.0. The zero-order valence-corrected chi connectivity index (χ0v) is 17.5. The maximum Gasteiger partial charge on any atom is 0.410 e. The van der Waals surface area contributed by atoms with Crippen LogP contribution in [0.3, 0.4) is 0 Å². The lowest BCUT2D eigenvalue weighted by atomic mass is 10.2. The van der Waals surface area contributed by atoms with Crippen LogP contribution in [0.15, 0.2) is 42.7 Å². The van der Waals surface area contributed by atoms with Crippen molar-refractivity contribution in [3.05, 3.63) is 47.7 Å². The average Bonchev–Trinajstić information content (AvgIpc) is 3.27. The highest BCUT2D eigenvalue weighted by Gasteiger charge is 2.29. The minimum absolute atomic E-state index is 0.131. The van der Waals surface area contributed by atoms with Crippen LogP contribution in [0, 0.1) is 0 Å². The number of amides is 1. The molecule has 8 heteroatoms. The number of imidazole rings is 1. The van der Waals surface area contributed by atoms with Gasteiger partial charge in [-0.05, 0) is 45.4 Å². The van der Waals surface area contributed by atoms with E-state index in [1.165, 1.54) is 0 Å². The molecule has 0 spiro atoms. The van der Waals surface area contributed by atoms with Gasteiger partial charge in [0.25, 0.3) is 0 Å². The first-order valence-electron chi connectivity index (χ1n) is 9.63. The van der Waals surface area contributed by atoms with E-state index < -0.39 is 5.60 Å². The summed E-state index contributed by atoms with van der Waals surface area (Å²) in [7, 11) is 0. The third kappa shape index (κ3) is 4.45. The van der Waals surface area contributed by atoms with Crippen molar-refractivity contribution in [2.75, 3.05) is 18.4 Å². The number of carbonyl (C=O) groups excluding carboxylic acids is 1. The molecule has 0 bridgehead atoms. The molecule has 7 nitrogen and oxygen atoms in total. The number of hydrogen-bond acceptors (Lipinski definition) is 5. The van der Waals surface area contributed by atoms with Crippen molar-refractivity contribution in [2.24, 2.45) is 0 Å². The van der Waals surface area contributed by atoms with Crippen LogP contribution < -0.4 is 5.32 Å². The summed E-state index contributed by atoms with van der Waals surface area (Å²) in [6, 6.07) is 9.61. The molecule has 152 valence electrons. The van der Waals surface area contributed by atoms with Gasteiger partial charge in [-0.1, -0.05) is 17.7 Å². The number of carbonyl (C=O) groups is 1. The molecule has 1 saturated heterocycles. The van der Waals surface area contributed by atoms with Crippen LogP contribution in [0.25, 0.3) is 17.0 Å². The number of anilines is 1. The fraction of sp³-hybridized carbons (Fsp3) is 0.381. The SMILES string of the molecule is CC(C)(C)OC(=O)N1CC[C@@H](Nc2cccc(-c3cnc4cc(Cl)ccn34)n2)C1. The van der Waals surface area contributed by atoms with Crippen LogP contribution in [0.2, 0.25) is 5.02 Å². The largest absolute Gasteiger partial charge is 0.444 e. The Labute approximate surface area is 174 Å². The van der Waals surface area contributed by atoms with E-state index in [0.29, 0.717) is 18.1 Å². The van der Waals surface area contributed by atoms with Crippen molar-refractivity contribution < 1.29 is 9.53 Å². The highest BCUT2D eigenvalue weighted by molar-refractivity contribution is 6.30. The molecular weight excluding hydrogens is 390 g/mol. The van der Waals surface area contributed by atoms with Crippen molar-refractivity contribution in [3.8, 4) is 11.4 Å². The minimum atomic E-state index is -0.489. The Morgan fingerprint density at radius 1 is 1.31 bits per heavy atom. The van der Waals surface area contributed by atoms with Gasteiger partial charge in [0.2, 0.25) is 0 Å². The van der Waals surface area contributed by atoms with Gasteiger partial charge >= 0.3 is 6.09 Å². The van der Waals surface area contributed by atoms with Crippen LogP contribution in [-0.4, -0.2) is 50.1 Å². The van der Waals surface area contributed by atoms with E-state index >= 15 is 0 Å². The zero-order chi connectivity index (χ0) is 20.6. The Hall–Kier alpha value is -2.80. The second-order valence-electron chi connectivity index (χ2n) is 8.18. The summed E-state index contributed by atoms with van der Waals surface area (Å²) in [6.07, 6.45) is 4.25. The van der Waals surface area contributed by atoms with Gasteiger partial charge in [-0.15, -0.1) is 0 Å². The number of fused-ring (bicyclic) bond motifs is 1. The van der Waals surface area contributed by atoms with Crippen LogP contribution in [0.5, 0.6) is 0 Å². The zero-order valence-electron chi connectivity index (χ0n) is 16.7. The molecule has 0 aromatic carbocycles. The first-order chi connectivity index (χ1) is 13.8. The third-order valence-electron chi connectivity index (χ3n) is 4.68. The molecule has 0 saturated carbocycles. The molecule has 3 aromatic heterocycles. The van der Waals surface area contributed by atoms with Crippen LogP contribution in [0.4, 0.5) is 10.6 Å². The summed E-state index contributed by atoms with van der Waals surface area (Å²) >= 11 is 6.05. The number of hydrogen-bond donors (Lipinski definition) is 1. The summed E-state index contributed by atoms with van der Waals surface area (Å²) in [6.45, 7) is 6.88. The summed E-state index contributed by atoms with van der Waals surface area (Å²) in [5, 5.41) is 4.08. The standard InChI is InChI=1S/C21H24ClN5O2/c1-21(2,3)29-20(28)26-9-8-15(13-26)24-18-6-4-5-16(25-18)17-12-23-19-11-14(22)7-10-27(17)19/h4-7,10-12,15H,8-9,13H2,1-3H3,(H,24,25)/t15-/m1/s1. The lowest BCUT2D eigenvalue weighted by molar-refractivity contribution is 0.0293. The van der Waals surface area contributed by atoms with E-state index in [1.807, 2.05) is 61.7 Å². The topological polar surface area (TPSA) is 71.8 Å². The van der Waals surface area contributed by atoms with Gasteiger partial charge < -0.3 is 15.0 Å². The Morgan fingerprint density at radius 3 is 2.93 bits per heavy atom. The highest BCUT2D eigenvalue weighted by atomic mass is 35.5. The summed E-state index contributed by atoms with van der Waals surface area (Å²) in [5.74, 6) is 0.766. The van der Waals surface area contributed by atoms with E-state index in [-0.39, 0.29) is 12.1 Å². The number of nitrogens with one attached hydrogen (secondary N) is 1. The molecule has 1 aliphatic heterocycles. The second kappa shape index (κ2) is 7.55. The number of halogens is 1. The van der Waals surface area contributed by atoms with Gasteiger partial charge in [0.15, 0.2) is 0 Å². The molecule has 0 unspecified atom stereocenters. The maximum atomic E-state index is 12.3. The van der Waals surface area contributed by atoms with Crippen LogP contribution in [0.1, 0.15) is 27.2 Å². The van der Waals surface area contributed by atoms with Crippen molar-refractivity contribution in [3.63, 3.8) is 0 Å². The van der Waals surface area contributed by atoms with Crippen LogP contribution >= 0.6 is 11.6 Å². The van der Waals surface area contributed by atoms with E-state index in [2.05, 4.69) is 10.3 Å². The molecule has 4 rings (SSSR count).